The number of halogens is 2. The molecule has 0 spiro atoms. The summed E-state index contributed by atoms with van der Waals surface area (Å²) in [5, 5.41) is 10.0. The van der Waals surface area contributed by atoms with Gasteiger partial charge in [0, 0.05) is 37.6 Å². The van der Waals surface area contributed by atoms with Crippen molar-refractivity contribution in [1.29, 1.82) is 0 Å². The van der Waals surface area contributed by atoms with Gasteiger partial charge in [0.1, 0.15) is 0 Å². The summed E-state index contributed by atoms with van der Waals surface area (Å²) in [5.41, 5.74) is 1.21. The van der Waals surface area contributed by atoms with Gasteiger partial charge in [0.05, 0.1) is 18.4 Å². The average Bonchev–Trinajstić information content (AvgIpc) is 2.96. The van der Waals surface area contributed by atoms with Crippen LogP contribution in [0.1, 0.15) is 12.8 Å². The van der Waals surface area contributed by atoms with Crippen LogP contribution in [0.25, 0.3) is 0 Å². The van der Waals surface area contributed by atoms with E-state index >= 15 is 0 Å². The maximum absolute atomic E-state index is 13.3. The van der Waals surface area contributed by atoms with Gasteiger partial charge >= 0.3 is 0 Å². The van der Waals surface area contributed by atoms with Gasteiger partial charge in [0.25, 0.3) is 0 Å². The predicted octanol–water partition coefficient (Wildman–Crippen LogP) is 2.21. The molecule has 0 saturated carbocycles. The molecule has 2 heterocycles. The number of likely N-dealkylation sites (tertiary alicyclic amines) is 1. The number of rotatable bonds is 5. The Kier molecular flexibility index (Phi) is 5.28. The summed E-state index contributed by atoms with van der Waals surface area (Å²) in [6.07, 6.45) is 5.18. The lowest BCUT2D eigenvalue weighted by atomic mass is 10.1. The summed E-state index contributed by atoms with van der Waals surface area (Å²) in [7, 11) is 1.79. The SMILES string of the molecule is Cn1cc(NC(=O)CN2CCC[C@@H](Nc3ccc(F)c(F)c3)C2)cn1. The first-order chi connectivity index (χ1) is 12.0. The van der Waals surface area contributed by atoms with Gasteiger partial charge in [-0.1, -0.05) is 0 Å². The Bertz CT molecular complexity index is 748. The van der Waals surface area contributed by atoms with Gasteiger partial charge in [-0.25, -0.2) is 8.78 Å². The van der Waals surface area contributed by atoms with Crippen molar-refractivity contribution in [2.24, 2.45) is 7.05 Å². The van der Waals surface area contributed by atoms with Crippen molar-refractivity contribution >= 4 is 17.3 Å². The van der Waals surface area contributed by atoms with E-state index in [-0.39, 0.29) is 18.5 Å². The number of aromatic nitrogens is 2. The van der Waals surface area contributed by atoms with Crippen LogP contribution in [0.3, 0.4) is 0 Å². The van der Waals surface area contributed by atoms with E-state index < -0.39 is 11.6 Å². The molecule has 1 saturated heterocycles. The molecule has 0 unspecified atom stereocenters. The quantitative estimate of drug-likeness (QED) is 0.869. The molecule has 0 aliphatic carbocycles. The molecule has 8 heteroatoms. The minimum absolute atomic E-state index is 0.0878. The molecule has 1 aromatic carbocycles. The zero-order chi connectivity index (χ0) is 17.8. The van der Waals surface area contributed by atoms with Crippen LogP contribution in [-0.2, 0) is 11.8 Å². The number of aryl methyl sites for hydroxylation is 1. The van der Waals surface area contributed by atoms with Crippen LogP contribution in [0, 0.1) is 11.6 Å². The van der Waals surface area contributed by atoms with Crippen LogP contribution in [0.2, 0.25) is 0 Å². The molecule has 1 aliphatic heterocycles. The number of benzene rings is 1. The highest BCUT2D eigenvalue weighted by Crippen LogP contribution is 2.18. The summed E-state index contributed by atoms with van der Waals surface area (Å²) in [5.74, 6) is -1.82. The molecule has 1 atom stereocenters. The fourth-order valence-corrected chi connectivity index (χ4v) is 3.03. The van der Waals surface area contributed by atoms with Crippen molar-refractivity contribution in [1.82, 2.24) is 14.7 Å². The Hall–Kier alpha value is -2.48. The molecule has 1 aliphatic rings. The van der Waals surface area contributed by atoms with Gasteiger partial charge in [-0.3, -0.25) is 14.4 Å². The third-order valence-corrected chi connectivity index (χ3v) is 4.15. The maximum Gasteiger partial charge on any atom is 0.238 e. The number of amides is 1. The number of nitrogens with one attached hydrogen (secondary N) is 2. The second kappa shape index (κ2) is 7.60. The number of carbonyl (C=O) groups excluding carboxylic acids is 1. The highest BCUT2D eigenvalue weighted by atomic mass is 19.2. The second-order valence-corrected chi connectivity index (χ2v) is 6.30. The first-order valence-electron chi connectivity index (χ1n) is 8.22. The molecule has 1 aromatic heterocycles. The van der Waals surface area contributed by atoms with Gasteiger partial charge in [0.2, 0.25) is 5.91 Å². The predicted molar refractivity (Wildman–Crippen MR) is 91.3 cm³/mol. The topological polar surface area (TPSA) is 62.2 Å². The number of hydrogen-bond acceptors (Lipinski definition) is 4. The molecule has 1 amide bonds. The van der Waals surface area contributed by atoms with Crippen LogP contribution < -0.4 is 10.6 Å². The van der Waals surface area contributed by atoms with E-state index in [4.69, 9.17) is 0 Å². The lowest BCUT2D eigenvalue weighted by Crippen LogP contribution is -2.45. The van der Waals surface area contributed by atoms with Crippen LogP contribution >= 0.6 is 0 Å². The van der Waals surface area contributed by atoms with Gasteiger partial charge in [-0.05, 0) is 31.5 Å². The number of anilines is 2. The lowest BCUT2D eigenvalue weighted by Gasteiger charge is -2.33. The van der Waals surface area contributed by atoms with Gasteiger partial charge in [-0.2, -0.15) is 5.10 Å². The van der Waals surface area contributed by atoms with E-state index in [0.29, 0.717) is 17.9 Å². The fourth-order valence-electron chi connectivity index (χ4n) is 3.03. The number of hydrogen-bond donors (Lipinski definition) is 2. The minimum Gasteiger partial charge on any atom is -0.381 e. The van der Waals surface area contributed by atoms with E-state index in [0.717, 1.165) is 31.5 Å². The smallest absolute Gasteiger partial charge is 0.238 e. The summed E-state index contributed by atoms with van der Waals surface area (Å²) < 4.78 is 27.9. The van der Waals surface area contributed by atoms with Crippen molar-refractivity contribution in [3.05, 3.63) is 42.2 Å². The Labute approximate surface area is 144 Å². The molecule has 25 heavy (non-hydrogen) atoms. The molecule has 6 nitrogen and oxygen atoms in total. The molecule has 0 radical (unpaired) electrons. The van der Waals surface area contributed by atoms with Crippen LogP contribution in [0.15, 0.2) is 30.6 Å². The van der Waals surface area contributed by atoms with Crippen LogP contribution in [0.5, 0.6) is 0 Å². The first-order valence-corrected chi connectivity index (χ1v) is 8.22. The average molecular weight is 349 g/mol. The molecule has 3 rings (SSSR count). The van der Waals surface area contributed by atoms with Gasteiger partial charge in [-0.15, -0.1) is 0 Å². The molecule has 2 aromatic rings. The van der Waals surface area contributed by atoms with Gasteiger partial charge < -0.3 is 10.6 Å². The monoisotopic (exact) mass is 349 g/mol. The summed E-state index contributed by atoms with van der Waals surface area (Å²) in [4.78, 5) is 14.2. The Morgan fingerprint density at radius 2 is 2.16 bits per heavy atom. The molecule has 1 fully saturated rings. The third kappa shape index (κ3) is 4.76. The van der Waals surface area contributed by atoms with E-state index in [1.807, 2.05) is 4.90 Å². The standard InChI is InChI=1S/C17H21F2N5O/c1-23-9-14(8-20-23)22-17(25)11-24-6-2-3-13(10-24)21-12-4-5-15(18)16(19)7-12/h4-5,7-9,13,21H,2-3,6,10-11H2,1H3,(H,22,25)/t13-/m1/s1. The zero-order valence-corrected chi connectivity index (χ0v) is 14.0. The van der Waals surface area contributed by atoms with E-state index in [1.165, 1.54) is 6.07 Å². The minimum atomic E-state index is -0.867. The molecular weight excluding hydrogens is 328 g/mol. The summed E-state index contributed by atoms with van der Waals surface area (Å²) in [6.45, 7) is 1.78. The summed E-state index contributed by atoms with van der Waals surface area (Å²) >= 11 is 0. The second-order valence-electron chi connectivity index (χ2n) is 6.30. The Balaban J connectivity index is 1.52. The van der Waals surface area contributed by atoms with Crippen LogP contribution in [-0.4, -0.2) is 46.3 Å². The first kappa shape index (κ1) is 17.3. The lowest BCUT2D eigenvalue weighted by molar-refractivity contribution is -0.117. The fraction of sp³-hybridized carbons (Fsp3) is 0.412. The zero-order valence-electron chi connectivity index (χ0n) is 14.0. The van der Waals surface area contributed by atoms with Gasteiger partial charge in [0.15, 0.2) is 11.6 Å². The largest absolute Gasteiger partial charge is 0.381 e. The Morgan fingerprint density at radius 3 is 2.88 bits per heavy atom. The van der Waals surface area contributed by atoms with Crippen LogP contribution in [0.4, 0.5) is 20.2 Å². The van der Waals surface area contributed by atoms with Crippen molar-refractivity contribution in [3.63, 3.8) is 0 Å². The van der Waals surface area contributed by atoms with E-state index in [2.05, 4.69) is 15.7 Å². The highest BCUT2D eigenvalue weighted by molar-refractivity contribution is 5.91. The number of piperidine rings is 1. The van der Waals surface area contributed by atoms with Crippen molar-refractivity contribution in [3.8, 4) is 0 Å². The highest BCUT2D eigenvalue weighted by Gasteiger charge is 2.22. The summed E-state index contributed by atoms with van der Waals surface area (Å²) in [6, 6.07) is 3.87. The van der Waals surface area contributed by atoms with E-state index in [9.17, 15) is 13.6 Å². The molecule has 2 N–H and O–H groups in total. The number of nitrogens with zero attached hydrogens (tertiary/aromatic N) is 3. The third-order valence-electron chi connectivity index (χ3n) is 4.15. The maximum atomic E-state index is 13.3. The van der Waals surface area contributed by atoms with Crippen molar-refractivity contribution in [2.75, 3.05) is 30.3 Å². The normalized spacial score (nSPS) is 18.1. The molecule has 0 bridgehead atoms. The van der Waals surface area contributed by atoms with Crippen molar-refractivity contribution in [2.45, 2.75) is 18.9 Å². The molecular formula is C17H21F2N5O. The molecule has 134 valence electrons. The Morgan fingerprint density at radius 1 is 1.32 bits per heavy atom. The van der Waals surface area contributed by atoms with E-state index in [1.54, 1.807) is 24.1 Å². The van der Waals surface area contributed by atoms with Crippen molar-refractivity contribution < 1.29 is 13.6 Å². The number of carbonyl (C=O) groups is 1.